The van der Waals surface area contributed by atoms with E-state index in [9.17, 15) is 9.59 Å². The number of nitrogens with zero attached hydrogens (tertiary/aromatic N) is 1. The molecule has 0 saturated carbocycles. The molecule has 1 unspecified atom stereocenters. The second kappa shape index (κ2) is 11.7. The topological polar surface area (TPSA) is 58.6 Å². The zero-order chi connectivity index (χ0) is 20.5. The van der Waals surface area contributed by atoms with E-state index in [1.807, 2.05) is 50.8 Å². The van der Waals surface area contributed by atoms with Crippen molar-refractivity contribution < 1.29 is 14.3 Å². The standard InChI is InChI=1S/C22H32N2O3S2/c1-27-20-8-4-2-6-17(20)16-22(26)24-13-10-18(11-14-24)23-21(25)9-5-3-7-19-12-15-28-29-19/h2,4,6,8,18-19H,3,5,7,9-16H2,1H3,(H,23,25). The first-order chi connectivity index (χ1) is 14.2. The summed E-state index contributed by atoms with van der Waals surface area (Å²) in [6, 6.07) is 7.86. The number of carbonyl (C=O) groups excluding carboxylic acids is 2. The summed E-state index contributed by atoms with van der Waals surface area (Å²) in [7, 11) is 5.62. The fourth-order valence-corrected chi connectivity index (χ4v) is 6.95. The molecule has 29 heavy (non-hydrogen) atoms. The van der Waals surface area contributed by atoms with E-state index >= 15 is 0 Å². The maximum atomic E-state index is 12.6. The summed E-state index contributed by atoms with van der Waals surface area (Å²) in [5.41, 5.74) is 0.921. The maximum Gasteiger partial charge on any atom is 0.227 e. The van der Waals surface area contributed by atoms with E-state index in [-0.39, 0.29) is 17.9 Å². The molecule has 160 valence electrons. The van der Waals surface area contributed by atoms with Crippen LogP contribution in [0.5, 0.6) is 5.75 Å². The lowest BCUT2D eigenvalue weighted by molar-refractivity contribution is -0.131. The molecule has 1 aromatic carbocycles. The van der Waals surface area contributed by atoms with E-state index in [1.165, 1.54) is 18.6 Å². The molecule has 2 heterocycles. The SMILES string of the molecule is COc1ccccc1CC(=O)N1CCC(NC(=O)CCCCC2CCSS2)CC1. The third-order valence-electron chi connectivity index (χ3n) is 5.65. The van der Waals surface area contributed by atoms with Gasteiger partial charge in [0.2, 0.25) is 11.8 Å². The molecular weight excluding hydrogens is 404 g/mol. The number of para-hydroxylation sites is 1. The minimum absolute atomic E-state index is 0.127. The van der Waals surface area contributed by atoms with Crippen molar-refractivity contribution in [2.75, 3.05) is 26.0 Å². The van der Waals surface area contributed by atoms with Gasteiger partial charge in [0.1, 0.15) is 5.75 Å². The van der Waals surface area contributed by atoms with E-state index < -0.39 is 0 Å². The van der Waals surface area contributed by atoms with E-state index in [4.69, 9.17) is 4.74 Å². The Morgan fingerprint density at radius 3 is 2.69 bits per heavy atom. The number of amides is 2. The summed E-state index contributed by atoms with van der Waals surface area (Å²) in [5.74, 6) is 2.32. The van der Waals surface area contributed by atoms with E-state index in [2.05, 4.69) is 5.32 Å². The smallest absolute Gasteiger partial charge is 0.227 e. The number of ether oxygens (including phenoxy) is 1. The molecule has 0 aliphatic carbocycles. The summed E-state index contributed by atoms with van der Waals surface area (Å²) in [6.07, 6.45) is 7.31. The van der Waals surface area contributed by atoms with E-state index in [0.29, 0.717) is 25.9 Å². The van der Waals surface area contributed by atoms with Gasteiger partial charge in [0.15, 0.2) is 0 Å². The predicted octanol–water partition coefficient (Wildman–Crippen LogP) is 4.06. The Balaban J connectivity index is 1.32. The summed E-state index contributed by atoms with van der Waals surface area (Å²) in [5, 5.41) is 3.96. The van der Waals surface area contributed by atoms with Gasteiger partial charge in [0.25, 0.3) is 0 Å². The van der Waals surface area contributed by atoms with Crippen LogP contribution in [0.4, 0.5) is 0 Å². The molecule has 3 rings (SSSR count). The molecule has 0 radical (unpaired) electrons. The van der Waals surface area contributed by atoms with E-state index in [1.54, 1.807) is 7.11 Å². The van der Waals surface area contributed by atoms with Crippen molar-refractivity contribution in [1.29, 1.82) is 0 Å². The Bertz CT molecular complexity index is 672. The average Bonchev–Trinajstić information content (AvgIpc) is 3.26. The van der Waals surface area contributed by atoms with Crippen LogP contribution < -0.4 is 10.1 Å². The lowest BCUT2D eigenvalue weighted by Crippen LogP contribution is -2.46. The Labute approximate surface area is 182 Å². The van der Waals surface area contributed by atoms with Crippen molar-refractivity contribution in [3.05, 3.63) is 29.8 Å². The third kappa shape index (κ3) is 7.14. The first-order valence-electron chi connectivity index (χ1n) is 10.6. The number of rotatable bonds is 9. The quantitative estimate of drug-likeness (QED) is 0.467. The number of nitrogens with one attached hydrogen (secondary N) is 1. The molecule has 1 aromatic rings. The van der Waals surface area contributed by atoms with E-state index in [0.717, 1.165) is 42.2 Å². The van der Waals surface area contributed by atoms with Crippen LogP contribution in [0, 0.1) is 0 Å². The largest absolute Gasteiger partial charge is 0.496 e. The zero-order valence-corrected chi connectivity index (χ0v) is 18.9. The van der Waals surface area contributed by atoms with Gasteiger partial charge in [0.05, 0.1) is 13.5 Å². The maximum absolute atomic E-state index is 12.6. The Hall–Kier alpha value is -1.34. The van der Waals surface area contributed by atoms with Crippen molar-refractivity contribution in [2.24, 2.45) is 0 Å². The van der Waals surface area contributed by atoms with Crippen molar-refractivity contribution in [3.63, 3.8) is 0 Å². The molecule has 1 atom stereocenters. The number of methoxy groups -OCH3 is 1. The molecule has 5 nitrogen and oxygen atoms in total. The fraction of sp³-hybridized carbons (Fsp3) is 0.636. The molecular formula is C22H32N2O3S2. The van der Waals surface area contributed by atoms with Crippen molar-refractivity contribution in [3.8, 4) is 5.75 Å². The highest BCUT2D eigenvalue weighted by atomic mass is 33.1. The van der Waals surface area contributed by atoms with Crippen LogP contribution in [-0.4, -0.2) is 54.0 Å². The minimum atomic E-state index is 0.127. The Morgan fingerprint density at radius 2 is 1.97 bits per heavy atom. The predicted molar refractivity (Wildman–Crippen MR) is 121 cm³/mol. The molecule has 0 aromatic heterocycles. The van der Waals surface area contributed by atoms with Crippen LogP contribution in [0.25, 0.3) is 0 Å². The summed E-state index contributed by atoms with van der Waals surface area (Å²) >= 11 is 0. The van der Waals surface area contributed by atoms with Gasteiger partial charge in [-0.2, -0.15) is 0 Å². The van der Waals surface area contributed by atoms with Gasteiger partial charge in [-0.3, -0.25) is 9.59 Å². The first kappa shape index (κ1) is 22.3. The molecule has 2 fully saturated rings. The number of likely N-dealkylation sites (tertiary alicyclic amines) is 1. The van der Waals surface area contributed by atoms with Crippen molar-refractivity contribution >= 4 is 33.4 Å². The average molecular weight is 437 g/mol. The second-order valence-corrected chi connectivity index (χ2v) is 10.6. The molecule has 1 N–H and O–H groups in total. The summed E-state index contributed by atoms with van der Waals surface area (Å²) < 4.78 is 5.34. The van der Waals surface area contributed by atoms with Crippen LogP contribution in [0.15, 0.2) is 24.3 Å². The number of benzene rings is 1. The number of unbranched alkanes of at least 4 members (excludes halogenated alkanes) is 1. The van der Waals surface area contributed by atoms with Crippen LogP contribution in [-0.2, 0) is 16.0 Å². The monoisotopic (exact) mass is 436 g/mol. The Morgan fingerprint density at radius 1 is 1.17 bits per heavy atom. The van der Waals surface area contributed by atoms with Gasteiger partial charge in [-0.1, -0.05) is 46.2 Å². The van der Waals surface area contributed by atoms with Crippen LogP contribution in [0.2, 0.25) is 0 Å². The molecule has 0 spiro atoms. The molecule has 7 heteroatoms. The Kier molecular flexibility index (Phi) is 9.05. The lowest BCUT2D eigenvalue weighted by Gasteiger charge is -2.32. The van der Waals surface area contributed by atoms with Crippen LogP contribution in [0.1, 0.15) is 50.5 Å². The van der Waals surface area contributed by atoms with Crippen molar-refractivity contribution in [1.82, 2.24) is 10.2 Å². The van der Waals surface area contributed by atoms with Gasteiger partial charge in [0, 0.05) is 42.1 Å². The first-order valence-corrected chi connectivity index (χ1v) is 13.0. The van der Waals surface area contributed by atoms with Crippen LogP contribution >= 0.6 is 21.6 Å². The fourth-order valence-electron chi connectivity index (χ4n) is 3.92. The summed E-state index contributed by atoms with van der Waals surface area (Å²) in [4.78, 5) is 26.8. The number of hydrogen-bond donors (Lipinski definition) is 1. The van der Waals surface area contributed by atoms with Gasteiger partial charge in [-0.25, -0.2) is 0 Å². The third-order valence-corrected chi connectivity index (χ3v) is 8.66. The highest BCUT2D eigenvalue weighted by Crippen LogP contribution is 2.39. The normalized spacial score (nSPS) is 19.9. The number of carbonyl (C=O) groups is 2. The van der Waals surface area contributed by atoms with Gasteiger partial charge < -0.3 is 15.0 Å². The molecule has 0 bridgehead atoms. The summed E-state index contributed by atoms with van der Waals surface area (Å²) in [6.45, 7) is 1.41. The van der Waals surface area contributed by atoms with Gasteiger partial charge in [-0.15, -0.1) is 0 Å². The second-order valence-electron chi connectivity index (χ2n) is 7.79. The van der Waals surface area contributed by atoms with Gasteiger partial charge >= 0.3 is 0 Å². The van der Waals surface area contributed by atoms with Crippen LogP contribution in [0.3, 0.4) is 0 Å². The molecule has 2 aliphatic heterocycles. The highest BCUT2D eigenvalue weighted by molar-refractivity contribution is 8.77. The zero-order valence-electron chi connectivity index (χ0n) is 17.2. The van der Waals surface area contributed by atoms with Crippen molar-refractivity contribution in [2.45, 2.75) is 62.7 Å². The lowest BCUT2D eigenvalue weighted by atomic mass is 10.0. The molecule has 2 saturated heterocycles. The van der Waals surface area contributed by atoms with Gasteiger partial charge in [-0.05, 0) is 38.2 Å². The number of piperidine rings is 1. The number of hydrogen-bond acceptors (Lipinski definition) is 5. The molecule has 2 aliphatic rings. The molecule has 2 amide bonds. The highest BCUT2D eigenvalue weighted by Gasteiger charge is 2.24. The minimum Gasteiger partial charge on any atom is -0.496 e.